The van der Waals surface area contributed by atoms with Crippen LogP contribution in [0.15, 0.2) is 60.7 Å². The van der Waals surface area contributed by atoms with Crippen LogP contribution < -0.4 is 4.74 Å². The second-order valence-electron chi connectivity index (χ2n) is 10.3. The second-order valence-corrected chi connectivity index (χ2v) is 10.3. The van der Waals surface area contributed by atoms with Crippen molar-refractivity contribution in [1.82, 2.24) is 15.1 Å². The van der Waals surface area contributed by atoms with Crippen LogP contribution in [0.2, 0.25) is 0 Å². The van der Waals surface area contributed by atoms with E-state index in [0.717, 1.165) is 46.4 Å². The van der Waals surface area contributed by atoms with Crippen LogP contribution >= 0.6 is 0 Å². The topological polar surface area (TPSA) is 78.5 Å². The molecule has 4 aromatic rings. The Morgan fingerprint density at radius 3 is 2.49 bits per heavy atom. The van der Waals surface area contributed by atoms with Gasteiger partial charge in [0.1, 0.15) is 28.7 Å². The van der Waals surface area contributed by atoms with Gasteiger partial charge in [-0.2, -0.15) is 5.10 Å². The number of fused-ring (bicyclic) bond motifs is 1. The van der Waals surface area contributed by atoms with Crippen molar-refractivity contribution in [3.8, 4) is 22.8 Å². The van der Waals surface area contributed by atoms with E-state index in [1.54, 1.807) is 17.0 Å². The van der Waals surface area contributed by atoms with Crippen molar-refractivity contribution in [2.24, 2.45) is 0 Å². The van der Waals surface area contributed by atoms with Crippen LogP contribution in [0, 0.1) is 19.7 Å². The predicted octanol–water partition coefficient (Wildman–Crippen LogP) is 7.24. The first-order valence-electron chi connectivity index (χ1n) is 13.5. The molecule has 1 aliphatic rings. The molecule has 0 radical (unpaired) electrons. The van der Waals surface area contributed by atoms with Gasteiger partial charge in [-0.15, -0.1) is 0 Å². The number of aromatic amines is 1. The Morgan fingerprint density at radius 2 is 1.77 bits per heavy atom. The number of hydrogen-bond donors (Lipinski definition) is 2. The first-order chi connectivity index (χ1) is 18.9. The van der Waals surface area contributed by atoms with Crippen LogP contribution in [0.4, 0.5) is 4.39 Å². The second kappa shape index (κ2) is 11.3. The van der Waals surface area contributed by atoms with Gasteiger partial charge in [-0.05, 0) is 72.9 Å². The molecular weight excluding hydrogens is 493 g/mol. The molecule has 202 valence electrons. The molecule has 2 N–H and O–H groups in total. The summed E-state index contributed by atoms with van der Waals surface area (Å²) >= 11 is 0. The molecule has 0 saturated heterocycles. The van der Waals surface area contributed by atoms with E-state index in [1.807, 2.05) is 50.2 Å². The maximum atomic E-state index is 13.7. The zero-order valence-corrected chi connectivity index (χ0v) is 22.6. The lowest BCUT2D eigenvalue weighted by Crippen LogP contribution is -2.29. The van der Waals surface area contributed by atoms with Crippen molar-refractivity contribution in [1.29, 1.82) is 0 Å². The number of aromatic nitrogens is 2. The molecule has 6 nitrogen and oxygen atoms in total. The summed E-state index contributed by atoms with van der Waals surface area (Å²) in [6, 6.07) is 17.3. The average molecular weight is 528 g/mol. The van der Waals surface area contributed by atoms with Gasteiger partial charge in [-0.25, -0.2) is 4.39 Å². The van der Waals surface area contributed by atoms with E-state index in [9.17, 15) is 14.3 Å². The number of ether oxygens (including phenoxy) is 1. The number of hydrogen-bond acceptors (Lipinski definition) is 4. The Labute approximate surface area is 228 Å². The molecule has 3 aromatic carbocycles. The van der Waals surface area contributed by atoms with Gasteiger partial charge in [0, 0.05) is 17.7 Å². The number of amides is 1. The van der Waals surface area contributed by atoms with E-state index in [-0.39, 0.29) is 17.5 Å². The fraction of sp³-hybridized carbons (Fsp3) is 0.312. The molecule has 5 rings (SSSR count). The Bertz CT molecular complexity index is 1460. The van der Waals surface area contributed by atoms with E-state index in [0.29, 0.717) is 30.1 Å². The highest BCUT2D eigenvalue weighted by atomic mass is 19.1. The van der Waals surface area contributed by atoms with Crippen molar-refractivity contribution < 1.29 is 19.0 Å². The minimum atomic E-state index is -0.454. The third-order valence-corrected chi connectivity index (χ3v) is 7.29. The molecule has 0 fully saturated rings. The molecule has 1 unspecified atom stereocenters. The van der Waals surface area contributed by atoms with Crippen LogP contribution in [0.25, 0.3) is 11.3 Å². The highest BCUT2D eigenvalue weighted by molar-refractivity contribution is 6.00. The van der Waals surface area contributed by atoms with Crippen molar-refractivity contribution >= 4 is 5.91 Å². The van der Waals surface area contributed by atoms with Crippen LogP contribution in [-0.4, -0.2) is 32.7 Å². The fourth-order valence-corrected chi connectivity index (χ4v) is 5.30. The van der Waals surface area contributed by atoms with Gasteiger partial charge < -0.3 is 14.7 Å². The number of phenols is 1. The largest absolute Gasteiger partial charge is 0.507 e. The van der Waals surface area contributed by atoms with Gasteiger partial charge in [-0.3, -0.25) is 9.89 Å². The van der Waals surface area contributed by atoms with Gasteiger partial charge in [0.05, 0.1) is 12.6 Å². The lowest BCUT2D eigenvalue weighted by atomic mass is 9.94. The Morgan fingerprint density at radius 1 is 1.03 bits per heavy atom. The fourth-order valence-electron chi connectivity index (χ4n) is 5.30. The lowest BCUT2D eigenvalue weighted by molar-refractivity contribution is 0.0730. The predicted molar refractivity (Wildman–Crippen MR) is 149 cm³/mol. The van der Waals surface area contributed by atoms with Crippen molar-refractivity contribution in [3.05, 3.63) is 100.0 Å². The zero-order chi connectivity index (χ0) is 27.5. The Hall–Kier alpha value is -4.13. The highest BCUT2D eigenvalue weighted by Gasteiger charge is 2.42. The molecular formula is C32H34FN3O3. The monoisotopic (exact) mass is 527 g/mol. The number of phenolic OH excluding ortho intramolecular Hbond substituents is 1. The molecule has 1 amide bonds. The molecule has 1 atom stereocenters. The van der Waals surface area contributed by atoms with Gasteiger partial charge in [0.2, 0.25) is 0 Å². The quantitative estimate of drug-likeness (QED) is 0.213. The number of aromatic hydroxyl groups is 1. The molecule has 39 heavy (non-hydrogen) atoms. The third-order valence-electron chi connectivity index (χ3n) is 7.29. The number of benzene rings is 3. The minimum absolute atomic E-state index is 0.143. The number of rotatable bonds is 10. The standard InChI is InChI=1S/C32H34FN3O3/c1-4-5-6-7-16-39-25-14-10-23(11-15-25)30-27-28(26-18-20(2)17-21(3)31(26)37)34-35-29(27)32(38)36(30)19-22-8-12-24(33)13-9-22/h8-15,17-18,30,37H,4-7,16,19H2,1-3H3,(H,34,35). The number of carbonyl (C=O) groups is 1. The molecule has 2 heterocycles. The van der Waals surface area contributed by atoms with Gasteiger partial charge >= 0.3 is 0 Å². The summed E-state index contributed by atoms with van der Waals surface area (Å²) in [5.74, 6) is 0.405. The van der Waals surface area contributed by atoms with Crippen LogP contribution in [0.1, 0.15) is 77.0 Å². The van der Waals surface area contributed by atoms with Crippen LogP contribution in [0.3, 0.4) is 0 Å². The first kappa shape index (κ1) is 26.5. The van der Waals surface area contributed by atoms with E-state index >= 15 is 0 Å². The summed E-state index contributed by atoms with van der Waals surface area (Å²) < 4.78 is 19.5. The van der Waals surface area contributed by atoms with E-state index in [2.05, 4.69) is 17.1 Å². The summed E-state index contributed by atoms with van der Waals surface area (Å²) in [6.45, 7) is 6.96. The molecule has 1 aliphatic heterocycles. The highest BCUT2D eigenvalue weighted by Crippen LogP contribution is 2.46. The SMILES string of the molecule is CCCCCCOc1ccc(C2c3c(-c4cc(C)cc(C)c4O)n[nH]c3C(=O)N2Cc2ccc(F)cc2)cc1. The molecule has 0 spiro atoms. The normalized spacial score (nSPS) is 14.6. The summed E-state index contributed by atoms with van der Waals surface area (Å²) in [5.41, 5.74) is 5.68. The lowest BCUT2D eigenvalue weighted by Gasteiger charge is -2.27. The van der Waals surface area contributed by atoms with E-state index in [4.69, 9.17) is 4.74 Å². The number of nitrogens with one attached hydrogen (secondary N) is 1. The maximum Gasteiger partial charge on any atom is 0.273 e. The number of halogens is 1. The van der Waals surface area contributed by atoms with Gasteiger partial charge in [-0.1, -0.05) is 56.5 Å². The number of aryl methyl sites for hydroxylation is 2. The average Bonchev–Trinajstić information content (AvgIpc) is 3.46. The smallest absolute Gasteiger partial charge is 0.273 e. The molecule has 0 aliphatic carbocycles. The Balaban J connectivity index is 1.52. The number of unbranched alkanes of at least 4 members (excludes halogenated alkanes) is 3. The maximum absolute atomic E-state index is 13.7. The summed E-state index contributed by atoms with van der Waals surface area (Å²) in [7, 11) is 0. The first-order valence-corrected chi connectivity index (χ1v) is 13.5. The van der Waals surface area contributed by atoms with Crippen molar-refractivity contribution in [2.75, 3.05) is 6.61 Å². The molecule has 0 saturated carbocycles. The summed E-state index contributed by atoms with van der Waals surface area (Å²) in [6.07, 6.45) is 4.54. The van der Waals surface area contributed by atoms with Crippen molar-refractivity contribution in [3.63, 3.8) is 0 Å². The summed E-state index contributed by atoms with van der Waals surface area (Å²) in [5, 5.41) is 18.4. The number of nitrogens with zero attached hydrogens (tertiary/aromatic N) is 2. The van der Waals surface area contributed by atoms with E-state index in [1.165, 1.54) is 25.0 Å². The van der Waals surface area contributed by atoms with Crippen LogP contribution in [0.5, 0.6) is 11.5 Å². The number of H-pyrrole nitrogens is 1. The Kier molecular flexibility index (Phi) is 7.68. The molecule has 0 bridgehead atoms. The van der Waals surface area contributed by atoms with Gasteiger partial charge in [0.25, 0.3) is 5.91 Å². The van der Waals surface area contributed by atoms with Gasteiger partial charge in [0.15, 0.2) is 0 Å². The van der Waals surface area contributed by atoms with E-state index < -0.39 is 6.04 Å². The zero-order valence-electron chi connectivity index (χ0n) is 22.6. The number of carbonyl (C=O) groups excluding carboxylic acids is 1. The van der Waals surface area contributed by atoms with Crippen LogP contribution in [-0.2, 0) is 6.54 Å². The minimum Gasteiger partial charge on any atom is -0.507 e. The van der Waals surface area contributed by atoms with Crippen molar-refractivity contribution in [2.45, 2.75) is 59.0 Å². The summed E-state index contributed by atoms with van der Waals surface area (Å²) in [4.78, 5) is 15.5. The third kappa shape index (κ3) is 5.39. The molecule has 1 aromatic heterocycles. The molecule has 7 heteroatoms.